The Balaban J connectivity index is 1.44. The van der Waals surface area contributed by atoms with Crippen LogP contribution in [-0.2, 0) is 4.79 Å². The molecule has 4 aromatic rings. The monoisotopic (exact) mass is 579 g/mol. The molecule has 3 aromatic carbocycles. The molecule has 1 aliphatic rings. The number of carbonyl (C=O) groups is 2. The highest BCUT2D eigenvalue weighted by Crippen LogP contribution is 2.34. The molecule has 0 atom stereocenters. The van der Waals surface area contributed by atoms with Crippen molar-refractivity contribution in [3.05, 3.63) is 97.8 Å². The molecule has 2 heterocycles. The van der Waals surface area contributed by atoms with Gasteiger partial charge in [-0.05, 0) is 55.6 Å². The van der Waals surface area contributed by atoms with Crippen LogP contribution in [-0.4, -0.2) is 67.2 Å². The minimum atomic E-state index is -0.697. The third-order valence-electron chi connectivity index (χ3n) is 6.89. The Bertz CT molecular complexity index is 1590. The van der Waals surface area contributed by atoms with E-state index < -0.39 is 6.09 Å². The molecular weight excluding hydrogens is 546 g/mol. The van der Waals surface area contributed by atoms with Crippen molar-refractivity contribution in [2.24, 2.45) is 0 Å². The summed E-state index contributed by atoms with van der Waals surface area (Å²) in [6.07, 6.45) is 1.83. The number of benzene rings is 3. The van der Waals surface area contributed by atoms with Gasteiger partial charge >= 0.3 is 6.09 Å². The highest BCUT2D eigenvalue weighted by atomic mass is 16.6. The standard InChI is InChI=1S/C32H33N7O4/c1-4-31(40)35-23-9-8-10-25(19-23)39(32(41)43-26-11-6-5-7-12-26)30-21-29(33-22-34-30)36-27-14-13-24(20-28(27)42-3)38-17-15-37(2)16-18-38/h4-14,19-22H,1,15-18H2,2-3H3,(H,35,40)(H,33,34,36). The van der Waals surface area contributed by atoms with Gasteiger partial charge in [-0.15, -0.1) is 0 Å². The lowest BCUT2D eigenvalue weighted by Gasteiger charge is -2.34. The van der Waals surface area contributed by atoms with Crippen molar-refractivity contribution in [1.29, 1.82) is 0 Å². The van der Waals surface area contributed by atoms with Crippen molar-refractivity contribution >= 4 is 46.4 Å². The minimum absolute atomic E-state index is 0.249. The first-order valence-corrected chi connectivity index (χ1v) is 13.7. The van der Waals surface area contributed by atoms with Gasteiger partial charge in [-0.25, -0.2) is 19.7 Å². The third-order valence-corrected chi connectivity index (χ3v) is 6.89. The van der Waals surface area contributed by atoms with Gasteiger partial charge in [0.15, 0.2) is 0 Å². The predicted octanol–water partition coefficient (Wildman–Crippen LogP) is 5.44. The minimum Gasteiger partial charge on any atom is -0.494 e. The fourth-order valence-electron chi connectivity index (χ4n) is 4.60. The van der Waals surface area contributed by atoms with Crippen molar-refractivity contribution in [3.63, 3.8) is 0 Å². The van der Waals surface area contributed by atoms with Gasteiger partial charge < -0.3 is 29.9 Å². The summed E-state index contributed by atoms with van der Waals surface area (Å²) in [6.45, 7) is 7.37. The maximum absolute atomic E-state index is 13.6. The average Bonchev–Trinajstić information content (AvgIpc) is 3.02. The quantitative estimate of drug-likeness (QED) is 0.250. The number of piperazine rings is 1. The fourth-order valence-corrected chi connectivity index (χ4v) is 4.60. The van der Waals surface area contributed by atoms with E-state index >= 15 is 0 Å². The third kappa shape index (κ3) is 7.27. The van der Waals surface area contributed by atoms with Gasteiger partial charge in [-0.2, -0.15) is 0 Å². The summed E-state index contributed by atoms with van der Waals surface area (Å²) in [4.78, 5) is 40.2. The number of rotatable bonds is 9. The van der Waals surface area contributed by atoms with Gasteiger partial charge in [0.25, 0.3) is 0 Å². The van der Waals surface area contributed by atoms with Gasteiger partial charge in [0.2, 0.25) is 5.91 Å². The lowest BCUT2D eigenvalue weighted by atomic mass is 10.2. The number of methoxy groups -OCH3 is 1. The first kappa shape index (κ1) is 29.1. The predicted molar refractivity (Wildman–Crippen MR) is 168 cm³/mol. The molecule has 1 saturated heterocycles. The molecule has 11 heteroatoms. The van der Waals surface area contributed by atoms with E-state index in [9.17, 15) is 9.59 Å². The maximum atomic E-state index is 13.6. The smallest absolute Gasteiger partial charge is 0.425 e. The van der Waals surface area contributed by atoms with Gasteiger partial charge in [-0.3, -0.25) is 4.79 Å². The van der Waals surface area contributed by atoms with E-state index in [2.05, 4.69) is 44.0 Å². The Hall–Kier alpha value is -5.42. The number of anilines is 6. The number of hydrogen-bond acceptors (Lipinski definition) is 9. The first-order chi connectivity index (χ1) is 20.9. The zero-order valence-corrected chi connectivity index (χ0v) is 24.1. The summed E-state index contributed by atoms with van der Waals surface area (Å²) in [7, 11) is 3.75. The van der Waals surface area contributed by atoms with Crippen LogP contribution in [0.3, 0.4) is 0 Å². The van der Waals surface area contributed by atoms with Crippen LogP contribution in [0.4, 0.5) is 39.2 Å². The lowest BCUT2D eigenvalue weighted by molar-refractivity contribution is -0.111. The topological polar surface area (TPSA) is 112 Å². The zero-order chi connectivity index (χ0) is 30.2. The summed E-state index contributed by atoms with van der Waals surface area (Å²) in [5, 5.41) is 6.00. The zero-order valence-electron chi connectivity index (χ0n) is 24.1. The van der Waals surface area contributed by atoms with Crippen molar-refractivity contribution in [2.45, 2.75) is 0 Å². The Morgan fingerprint density at radius 2 is 1.74 bits per heavy atom. The van der Waals surface area contributed by atoms with Crippen LogP contribution in [0.25, 0.3) is 0 Å². The number of carbonyl (C=O) groups excluding carboxylic acids is 2. The van der Waals surface area contributed by atoms with Gasteiger partial charge in [0.1, 0.15) is 29.5 Å². The van der Waals surface area contributed by atoms with Crippen LogP contribution in [0.15, 0.2) is 97.8 Å². The fraction of sp³-hybridized carbons (Fsp3) is 0.188. The molecule has 43 heavy (non-hydrogen) atoms. The van der Waals surface area contributed by atoms with Crippen molar-refractivity contribution in [2.75, 3.05) is 60.8 Å². The lowest BCUT2D eigenvalue weighted by Crippen LogP contribution is -2.44. The SMILES string of the molecule is C=CC(=O)Nc1cccc(N(C(=O)Oc2ccccc2)c2cc(Nc3ccc(N4CCN(C)CC4)cc3OC)ncn2)c1. The summed E-state index contributed by atoms with van der Waals surface area (Å²) in [5.74, 6) is 1.33. The molecule has 0 saturated carbocycles. The number of nitrogens with zero attached hydrogens (tertiary/aromatic N) is 5. The summed E-state index contributed by atoms with van der Waals surface area (Å²) < 4.78 is 11.4. The normalized spacial score (nSPS) is 13.1. The molecule has 1 fully saturated rings. The largest absolute Gasteiger partial charge is 0.494 e. The van der Waals surface area contributed by atoms with E-state index in [1.807, 2.05) is 24.3 Å². The summed E-state index contributed by atoms with van der Waals surface area (Å²) in [6, 6.07) is 23.1. The van der Waals surface area contributed by atoms with Crippen LogP contribution in [0.5, 0.6) is 11.5 Å². The summed E-state index contributed by atoms with van der Waals surface area (Å²) in [5.41, 5.74) is 2.67. The number of hydrogen-bond donors (Lipinski definition) is 2. The molecule has 0 radical (unpaired) electrons. The molecule has 0 spiro atoms. The molecule has 1 aromatic heterocycles. The first-order valence-electron chi connectivity index (χ1n) is 13.7. The number of ether oxygens (including phenoxy) is 2. The summed E-state index contributed by atoms with van der Waals surface area (Å²) >= 11 is 0. The number of nitrogens with one attached hydrogen (secondary N) is 2. The van der Waals surface area contributed by atoms with E-state index in [4.69, 9.17) is 9.47 Å². The molecule has 220 valence electrons. The van der Waals surface area contributed by atoms with Crippen LogP contribution in [0, 0.1) is 0 Å². The number of amides is 2. The van der Waals surface area contributed by atoms with E-state index in [0.29, 0.717) is 34.4 Å². The molecule has 2 N–H and O–H groups in total. The van der Waals surface area contributed by atoms with Crippen molar-refractivity contribution in [1.82, 2.24) is 14.9 Å². The molecule has 0 bridgehead atoms. The number of aromatic nitrogens is 2. The second-order valence-electron chi connectivity index (χ2n) is 9.82. The van der Waals surface area contributed by atoms with Crippen LogP contribution in [0.2, 0.25) is 0 Å². The number of para-hydroxylation sites is 1. The van der Waals surface area contributed by atoms with Gasteiger partial charge in [0, 0.05) is 49.7 Å². The highest BCUT2D eigenvalue weighted by Gasteiger charge is 2.23. The Morgan fingerprint density at radius 1 is 0.953 bits per heavy atom. The molecule has 2 amide bonds. The molecule has 1 aliphatic heterocycles. The van der Waals surface area contributed by atoms with E-state index in [0.717, 1.165) is 31.9 Å². The average molecular weight is 580 g/mol. The maximum Gasteiger partial charge on any atom is 0.425 e. The molecule has 0 aliphatic carbocycles. The highest BCUT2D eigenvalue weighted by molar-refractivity contribution is 6.01. The Labute approximate surface area is 250 Å². The van der Waals surface area contributed by atoms with Crippen molar-refractivity contribution in [3.8, 4) is 11.5 Å². The van der Waals surface area contributed by atoms with E-state index in [-0.39, 0.29) is 11.7 Å². The Morgan fingerprint density at radius 3 is 2.49 bits per heavy atom. The Kier molecular flexibility index (Phi) is 9.13. The molecule has 5 rings (SSSR count). The molecule has 11 nitrogen and oxygen atoms in total. The second-order valence-corrected chi connectivity index (χ2v) is 9.82. The van der Waals surface area contributed by atoms with Crippen LogP contribution >= 0.6 is 0 Å². The second kappa shape index (κ2) is 13.5. The van der Waals surface area contributed by atoms with E-state index in [1.54, 1.807) is 61.7 Å². The van der Waals surface area contributed by atoms with E-state index in [1.165, 1.54) is 17.3 Å². The van der Waals surface area contributed by atoms with Crippen LogP contribution < -0.4 is 29.9 Å². The molecule has 0 unspecified atom stereocenters. The van der Waals surface area contributed by atoms with Gasteiger partial charge in [0.05, 0.1) is 18.5 Å². The van der Waals surface area contributed by atoms with Crippen molar-refractivity contribution < 1.29 is 19.1 Å². The van der Waals surface area contributed by atoms with Crippen LogP contribution in [0.1, 0.15) is 0 Å². The van der Waals surface area contributed by atoms with Gasteiger partial charge in [-0.1, -0.05) is 30.8 Å². The number of likely N-dealkylation sites (N-methyl/N-ethyl adjacent to an activating group) is 1. The molecular formula is C32H33N7O4.